The van der Waals surface area contributed by atoms with Crippen LogP contribution in [0.5, 0.6) is 0 Å². The second-order valence-electron chi connectivity index (χ2n) is 5.03. The number of hydrogen-bond donors (Lipinski definition) is 1. The van der Waals surface area contributed by atoms with E-state index in [2.05, 4.69) is 22.4 Å². The zero-order chi connectivity index (χ0) is 13.6. The number of thioether (sulfide) groups is 1. The van der Waals surface area contributed by atoms with Gasteiger partial charge in [0.1, 0.15) is 10.0 Å². The Morgan fingerprint density at radius 3 is 3.00 bits per heavy atom. The molecule has 0 aliphatic carbocycles. The Labute approximate surface area is 123 Å². The quantitative estimate of drug-likeness (QED) is 0.747. The van der Waals surface area contributed by atoms with Gasteiger partial charge in [-0.3, -0.25) is 0 Å². The molecule has 1 aliphatic rings. The summed E-state index contributed by atoms with van der Waals surface area (Å²) in [5.41, 5.74) is 0. The zero-order valence-electron chi connectivity index (χ0n) is 11.8. The van der Waals surface area contributed by atoms with Crippen LogP contribution in [0.15, 0.2) is 0 Å². The number of methoxy groups -OCH3 is 1. The van der Waals surface area contributed by atoms with E-state index in [-0.39, 0.29) is 4.75 Å². The van der Waals surface area contributed by atoms with Gasteiger partial charge in [0.05, 0.1) is 11.4 Å². The van der Waals surface area contributed by atoms with Gasteiger partial charge < -0.3 is 10.1 Å². The first-order valence-electron chi connectivity index (χ1n) is 6.91. The van der Waals surface area contributed by atoms with Crippen LogP contribution < -0.4 is 5.32 Å². The van der Waals surface area contributed by atoms with Crippen LogP contribution in [0, 0.1) is 0 Å². The number of hydrogen-bond acceptors (Lipinski definition) is 6. The molecule has 0 aromatic carbocycles. The SMILES string of the molecule is COCCNCCCc1nnc(C2(C)CCCS2)s1. The third-order valence-corrected chi connectivity index (χ3v) is 6.27. The molecule has 0 radical (unpaired) electrons. The lowest BCUT2D eigenvalue weighted by atomic mass is 10.1. The van der Waals surface area contributed by atoms with Crippen LogP contribution in [0.4, 0.5) is 0 Å². The molecule has 1 aromatic rings. The van der Waals surface area contributed by atoms with Gasteiger partial charge in [-0.25, -0.2) is 0 Å². The fourth-order valence-corrected chi connectivity index (χ4v) is 4.62. The van der Waals surface area contributed by atoms with Gasteiger partial charge in [-0.15, -0.1) is 33.3 Å². The van der Waals surface area contributed by atoms with Crippen LogP contribution in [-0.4, -0.2) is 42.8 Å². The van der Waals surface area contributed by atoms with Crippen LogP contribution in [0.25, 0.3) is 0 Å². The minimum atomic E-state index is 0.229. The Kier molecular flexibility index (Phi) is 6.06. The normalized spacial score (nSPS) is 23.1. The summed E-state index contributed by atoms with van der Waals surface area (Å²) in [6, 6.07) is 0. The van der Waals surface area contributed by atoms with Crippen molar-refractivity contribution in [2.45, 2.75) is 37.4 Å². The van der Waals surface area contributed by atoms with Crippen LogP contribution in [0.3, 0.4) is 0 Å². The molecule has 1 unspecified atom stereocenters. The monoisotopic (exact) mass is 301 g/mol. The number of ether oxygens (including phenoxy) is 1. The van der Waals surface area contributed by atoms with Gasteiger partial charge in [0, 0.05) is 20.1 Å². The van der Waals surface area contributed by atoms with E-state index in [1.807, 2.05) is 11.8 Å². The lowest BCUT2D eigenvalue weighted by Gasteiger charge is -2.17. The molecule has 19 heavy (non-hydrogen) atoms. The molecular weight excluding hydrogens is 278 g/mol. The molecule has 6 heteroatoms. The summed E-state index contributed by atoms with van der Waals surface area (Å²) in [5.74, 6) is 1.26. The molecule has 1 aliphatic heterocycles. The van der Waals surface area contributed by atoms with Gasteiger partial charge >= 0.3 is 0 Å². The zero-order valence-corrected chi connectivity index (χ0v) is 13.4. The molecule has 0 amide bonds. The van der Waals surface area contributed by atoms with Crippen molar-refractivity contribution in [3.63, 3.8) is 0 Å². The van der Waals surface area contributed by atoms with Crippen molar-refractivity contribution in [1.82, 2.24) is 15.5 Å². The number of aryl methyl sites for hydroxylation is 1. The smallest absolute Gasteiger partial charge is 0.133 e. The molecule has 108 valence electrons. The van der Waals surface area contributed by atoms with Crippen LogP contribution in [-0.2, 0) is 15.9 Å². The van der Waals surface area contributed by atoms with E-state index in [1.165, 1.54) is 28.6 Å². The fraction of sp³-hybridized carbons (Fsp3) is 0.846. The van der Waals surface area contributed by atoms with Gasteiger partial charge in [0.2, 0.25) is 0 Å². The Bertz CT molecular complexity index is 378. The highest BCUT2D eigenvalue weighted by molar-refractivity contribution is 8.00. The van der Waals surface area contributed by atoms with Crippen LogP contribution >= 0.6 is 23.1 Å². The van der Waals surface area contributed by atoms with E-state index < -0.39 is 0 Å². The lowest BCUT2D eigenvalue weighted by molar-refractivity contribution is 0.199. The van der Waals surface area contributed by atoms with Crippen molar-refractivity contribution in [3.05, 3.63) is 10.0 Å². The third-order valence-electron chi connectivity index (χ3n) is 3.37. The van der Waals surface area contributed by atoms with E-state index in [1.54, 1.807) is 18.4 Å². The number of rotatable bonds is 8. The van der Waals surface area contributed by atoms with E-state index in [0.29, 0.717) is 0 Å². The molecule has 0 spiro atoms. The maximum absolute atomic E-state index is 4.99. The molecule has 0 saturated carbocycles. The highest BCUT2D eigenvalue weighted by atomic mass is 32.2. The fourth-order valence-electron chi connectivity index (χ4n) is 2.18. The number of aromatic nitrogens is 2. The summed E-state index contributed by atoms with van der Waals surface area (Å²) in [6.07, 6.45) is 4.69. The maximum atomic E-state index is 4.99. The van der Waals surface area contributed by atoms with Gasteiger partial charge in [-0.1, -0.05) is 0 Å². The molecule has 4 nitrogen and oxygen atoms in total. The van der Waals surface area contributed by atoms with Crippen molar-refractivity contribution in [1.29, 1.82) is 0 Å². The molecule has 1 aromatic heterocycles. The first-order chi connectivity index (χ1) is 9.24. The third kappa shape index (κ3) is 4.41. The van der Waals surface area contributed by atoms with Gasteiger partial charge in [0.25, 0.3) is 0 Å². The first kappa shape index (κ1) is 15.2. The second-order valence-corrected chi connectivity index (χ2v) is 7.69. The molecule has 1 saturated heterocycles. The molecule has 1 atom stereocenters. The minimum Gasteiger partial charge on any atom is -0.383 e. The standard InChI is InChI=1S/C13H23N3OS2/c1-13(6-4-10-18-13)12-16-15-11(19-12)5-3-7-14-8-9-17-2/h14H,3-10H2,1-2H3. The second kappa shape index (κ2) is 7.57. The molecule has 0 bridgehead atoms. The summed E-state index contributed by atoms with van der Waals surface area (Å²) in [6.45, 7) is 5.02. The molecule has 1 fully saturated rings. The van der Waals surface area contributed by atoms with Crippen LogP contribution in [0.2, 0.25) is 0 Å². The summed E-state index contributed by atoms with van der Waals surface area (Å²) in [4.78, 5) is 0. The van der Waals surface area contributed by atoms with E-state index in [9.17, 15) is 0 Å². The number of nitrogens with zero attached hydrogens (tertiary/aromatic N) is 2. The summed E-state index contributed by atoms with van der Waals surface area (Å²) < 4.78 is 5.22. The van der Waals surface area contributed by atoms with Crippen LogP contribution in [0.1, 0.15) is 36.2 Å². The number of nitrogens with one attached hydrogen (secondary N) is 1. The van der Waals surface area contributed by atoms with Crippen molar-refractivity contribution in [2.24, 2.45) is 0 Å². The average Bonchev–Trinajstić information content (AvgIpc) is 3.03. The molecule has 2 rings (SSSR count). The van der Waals surface area contributed by atoms with E-state index in [4.69, 9.17) is 4.74 Å². The molecule has 1 N–H and O–H groups in total. The van der Waals surface area contributed by atoms with Crippen molar-refractivity contribution in [3.8, 4) is 0 Å². The summed E-state index contributed by atoms with van der Waals surface area (Å²) in [5, 5.41) is 14.5. The van der Waals surface area contributed by atoms with Gasteiger partial charge in [0.15, 0.2) is 0 Å². The first-order valence-corrected chi connectivity index (χ1v) is 8.71. The summed E-state index contributed by atoms with van der Waals surface area (Å²) in [7, 11) is 1.73. The highest BCUT2D eigenvalue weighted by Gasteiger charge is 2.34. The van der Waals surface area contributed by atoms with E-state index in [0.717, 1.165) is 32.5 Å². The Morgan fingerprint density at radius 1 is 1.37 bits per heavy atom. The predicted octanol–water partition coefficient (Wildman–Crippen LogP) is 2.45. The largest absolute Gasteiger partial charge is 0.383 e. The lowest BCUT2D eigenvalue weighted by Crippen LogP contribution is -2.20. The topological polar surface area (TPSA) is 47.0 Å². The molecule has 2 heterocycles. The summed E-state index contributed by atoms with van der Waals surface area (Å²) >= 11 is 3.83. The highest BCUT2D eigenvalue weighted by Crippen LogP contribution is 2.46. The Hall–Kier alpha value is -0.170. The van der Waals surface area contributed by atoms with Crippen molar-refractivity contribution < 1.29 is 4.74 Å². The maximum Gasteiger partial charge on any atom is 0.133 e. The van der Waals surface area contributed by atoms with Crippen molar-refractivity contribution >= 4 is 23.1 Å². The van der Waals surface area contributed by atoms with E-state index >= 15 is 0 Å². The Morgan fingerprint density at radius 2 is 2.26 bits per heavy atom. The predicted molar refractivity (Wildman–Crippen MR) is 82.0 cm³/mol. The molecular formula is C13H23N3OS2. The minimum absolute atomic E-state index is 0.229. The Balaban J connectivity index is 1.72. The van der Waals surface area contributed by atoms with Gasteiger partial charge in [-0.05, 0) is 38.5 Å². The van der Waals surface area contributed by atoms with Crippen molar-refractivity contribution in [2.75, 3.05) is 32.6 Å². The van der Waals surface area contributed by atoms with Gasteiger partial charge in [-0.2, -0.15) is 0 Å². The average molecular weight is 301 g/mol.